The molecule has 1 aromatic heterocycles. The normalized spacial score (nSPS) is 33.7. The maximum absolute atomic E-state index is 12.1. The van der Waals surface area contributed by atoms with Crippen molar-refractivity contribution in [2.45, 2.75) is 53.1 Å². The average Bonchev–Trinajstić information content (AvgIpc) is 2.98. The van der Waals surface area contributed by atoms with E-state index in [9.17, 15) is 4.79 Å². The van der Waals surface area contributed by atoms with Crippen molar-refractivity contribution >= 4 is 12.0 Å². The van der Waals surface area contributed by atoms with E-state index in [0.717, 1.165) is 18.6 Å². The van der Waals surface area contributed by atoms with Gasteiger partial charge in [0.15, 0.2) is 0 Å². The van der Waals surface area contributed by atoms with Gasteiger partial charge in [-0.2, -0.15) is 0 Å². The Balaban J connectivity index is 1.65. The molecule has 0 amide bonds. The molecule has 2 fully saturated rings. The number of rotatable bonds is 3. The van der Waals surface area contributed by atoms with Crippen LogP contribution in [0.5, 0.6) is 0 Å². The summed E-state index contributed by atoms with van der Waals surface area (Å²) in [6, 6.07) is 3.73. The predicted octanol–water partition coefficient (Wildman–Crippen LogP) is 4.36. The van der Waals surface area contributed by atoms with Gasteiger partial charge in [0.25, 0.3) is 0 Å². The minimum absolute atomic E-state index is 0.0433. The lowest BCUT2D eigenvalue weighted by Crippen LogP contribution is -2.38. The fourth-order valence-corrected chi connectivity index (χ4v) is 4.18. The number of hydrogen-bond acceptors (Lipinski definition) is 3. The Morgan fingerprint density at radius 3 is 2.67 bits per heavy atom. The van der Waals surface area contributed by atoms with Gasteiger partial charge < -0.3 is 9.15 Å². The molecule has 21 heavy (non-hydrogen) atoms. The van der Waals surface area contributed by atoms with Gasteiger partial charge >= 0.3 is 5.97 Å². The first-order valence-electron chi connectivity index (χ1n) is 7.78. The third kappa shape index (κ3) is 2.23. The van der Waals surface area contributed by atoms with Crippen molar-refractivity contribution in [2.75, 3.05) is 0 Å². The predicted molar refractivity (Wildman–Crippen MR) is 81.6 cm³/mol. The molecule has 114 valence electrons. The second-order valence-electron chi connectivity index (χ2n) is 7.32. The molecule has 3 rings (SSSR count). The fourth-order valence-electron chi connectivity index (χ4n) is 4.18. The van der Waals surface area contributed by atoms with Crippen molar-refractivity contribution in [1.29, 1.82) is 0 Å². The molecular weight excluding hydrogens is 264 g/mol. The van der Waals surface area contributed by atoms with Gasteiger partial charge in [0.05, 0.1) is 0 Å². The smallest absolute Gasteiger partial charge is 0.331 e. The van der Waals surface area contributed by atoms with Crippen LogP contribution in [0, 0.1) is 23.7 Å². The molecule has 3 atom stereocenters. The molecule has 0 saturated heterocycles. The van der Waals surface area contributed by atoms with Crippen molar-refractivity contribution < 1.29 is 13.9 Å². The van der Waals surface area contributed by atoms with E-state index in [1.165, 1.54) is 12.5 Å². The van der Waals surface area contributed by atoms with Crippen LogP contribution in [0.2, 0.25) is 0 Å². The Morgan fingerprint density at radius 2 is 2.14 bits per heavy atom. The van der Waals surface area contributed by atoms with E-state index in [0.29, 0.717) is 11.7 Å². The van der Waals surface area contributed by atoms with E-state index < -0.39 is 0 Å². The minimum Gasteiger partial charge on any atom is -0.462 e. The largest absolute Gasteiger partial charge is 0.462 e. The van der Waals surface area contributed by atoms with Crippen LogP contribution >= 0.6 is 0 Å². The zero-order chi connectivity index (χ0) is 15.3. The molecule has 0 radical (unpaired) electrons. The lowest BCUT2D eigenvalue weighted by molar-refractivity contribution is -0.150. The summed E-state index contributed by atoms with van der Waals surface area (Å²) in [7, 11) is 0. The molecular formula is C18H24O3. The Kier molecular flexibility index (Phi) is 3.27. The highest BCUT2D eigenvalue weighted by molar-refractivity contribution is 5.86. The maximum Gasteiger partial charge on any atom is 0.331 e. The average molecular weight is 288 g/mol. The highest BCUT2D eigenvalue weighted by atomic mass is 16.5. The van der Waals surface area contributed by atoms with E-state index in [1.807, 2.05) is 19.1 Å². The van der Waals surface area contributed by atoms with Crippen LogP contribution in [0.3, 0.4) is 0 Å². The van der Waals surface area contributed by atoms with Crippen LogP contribution in [0.1, 0.15) is 51.6 Å². The number of carbonyl (C=O) groups is 1. The quantitative estimate of drug-likeness (QED) is 0.613. The topological polar surface area (TPSA) is 39.4 Å². The number of hydrogen-bond donors (Lipinski definition) is 0. The Labute approximate surface area is 126 Å². The molecule has 2 aliphatic carbocycles. The number of furan rings is 1. The molecule has 0 N–H and O–H groups in total. The number of esters is 1. The molecule has 2 saturated carbocycles. The SMILES string of the molecule is Cc1ccc(/C=C/C(=O)OC2CC3CCC2(C)C3(C)C)o1. The summed E-state index contributed by atoms with van der Waals surface area (Å²) in [5.41, 5.74) is 0.377. The summed E-state index contributed by atoms with van der Waals surface area (Å²) >= 11 is 0. The van der Waals surface area contributed by atoms with Crippen molar-refractivity contribution in [1.82, 2.24) is 0 Å². The zero-order valence-corrected chi connectivity index (χ0v) is 13.3. The molecule has 0 aromatic carbocycles. The van der Waals surface area contributed by atoms with Gasteiger partial charge in [-0.05, 0) is 55.7 Å². The van der Waals surface area contributed by atoms with E-state index in [2.05, 4.69) is 20.8 Å². The first-order chi connectivity index (χ1) is 9.83. The van der Waals surface area contributed by atoms with E-state index in [1.54, 1.807) is 6.08 Å². The minimum atomic E-state index is -0.265. The first-order valence-corrected chi connectivity index (χ1v) is 7.78. The Morgan fingerprint density at radius 1 is 1.38 bits per heavy atom. The lowest BCUT2D eigenvalue weighted by Gasteiger charge is -2.38. The molecule has 3 heteroatoms. The number of ether oxygens (including phenoxy) is 1. The second-order valence-corrected chi connectivity index (χ2v) is 7.32. The molecule has 3 nitrogen and oxygen atoms in total. The van der Waals surface area contributed by atoms with Crippen molar-refractivity contribution in [2.24, 2.45) is 16.7 Å². The Bertz CT molecular complexity index is 581. The van der Waals surface area contributed by atoms with Gasteiger partial charge in [0.1, 0.15) is 17.6 Å². The van der Waals surface area contributed by atoms with Gasteiger partial charge in [-0.1, -0.05) is 20.8 Å². The number of fused-ring (bicyclic) bond motifs is 2. The van der Waals surface area contributed by atoms with Gasteiger partial charge in [-0.15, -0.1) is 0 Å². The van der Waals surface area contributed by atoms with Crippen LogP contribution < -0.4 is 0 Å². The molecule has 0 aliphatic heterocycles. The van der Waals surface area contributed by atoms with Gasteiger partial charge in [-0.3, -0.25) is 0 Å². The maximum atomic E-state index is 12.1. The summed E-state index contributed by atoms with van der Waals surface area (Å²) < 4.78 is 11.2. The van der Waals surface area contributed by atoms with Crippen molar-refractivity contribution in [3.63, 3.8) is 0 Å². The standard InChI is InChI=1S/C18H24O3/c1-12-5-6-14(20-12)7-8-16(19)21-15-11-13-9-10-18(15,4)17(13,2)3/h5-8,13,15H,9-11H2,1-4H3/b8-7+. The third-order valence-corrected chi connectivity index (χ3v) is 6.12. The summed E-state index contributed by atoms with van der Waals surface area (Å²) in [5.74, 6) is 1.94. The van der Waals surface area contributed by atoms with Crippen LogP contribution in [0.25, 0.3) is 6.08 Å². The van der Waals surface area contributed by atoms with Crippen LogP contribution in [0.4, 0.5) is 0 Å². The van der Waals surface area contributed by atoms with Gasteiger partial charge in [0, 0.05) is 11.5 Å². The highest BCUT2D eigenvalue weighted by Gasteiger charge is 2.62. The second kappa shape index (κ2) is 4.75. The summed E-state index contributed by atoms with van der Waals surface area (Å²) in [4.78, 5) is 12.1. The highest BCUT2D eigenvalue weighted by Crippen LogP contribution is 2.66. The Hall–Kier alpha value is -1.51. The monoisotopic (exact) mass is 288 g/mol. The summed E-state index contributed by atoms with van der Waals surface area (Å²) in [6.45, 7) is 8.80. The molecule has 3 unspecified atom stereocenters. The van der Waals surface area contributed by atoms with E-state index >= 15 is 0 Å². The van der Waals surface area contributed by atoms with Crippen molar-refractivity contribution in [3.8, 4) is 0 Å². The lowest BCUT2D eigenvalue weighted by atomic mass is 9.70. The van der Waals surface area contributed by atoms with Gasteiger partial charge in [-0.25, -0.2) is 4.79 Å². The fraction of sp³-hybridized carbons (Fsp3) is 0.611. The van der Waals surface area contributed by atoms with Gasteiger partial charge in [0.2, 0.25) is 0 Å². The summed E-state index contributed by atoms with van der Waals surface area (Å²) in [6.07, 6.45) is 6.62. The number of aryl methyl sites for hydroxylation is 1. The summed E-state index contributed by atoms with van der Waals surface area (Å²) in [5, 5.41) is 0. The van der Waals surface area contributed by atoms with Crippen LogP contribution in [-0.2, 0) is 9.53 Å². The van der Waals surface area contributed by atoms with E-state index in [-0.39, 0.29) is 22.9 Å². The first kappa shape index (κ1) is 14.4. The zero-order valence-electron chi connectivity index (χ0n) is 13.3. The molecule has 2 aliphatic rings. The molecule has 1 heterocycles. The number of carbonyl (C=O) groups excluding carboxylic acids is 1. The molecule has 0 spiro atoms. The molecule has 2 bridgehead atoms. The van der Waals surface area contributed by atoms with Crippen LogP contribution in [0.15, 0.2) is 22.6 Å². The van der Waals surface area contributed by atoms with Crippen molar-refractivity contribution in [3.05, 3.63) is 29.7 Å². The molecule has 1 aromatic rings. The van der Waals surface area contributed by atoms with Crippen LogP contribution in [-0.4, -0.2) is 12.1 Å². The third-order valence-electron chi connectivity index (χ3n) is 6.12. The van der Waals surface area contributed by atoms with E-state index in [4.69, 9.17) is 9.15 Å².